The fourth-order valence-electron chi connectivity index (χ4n) is 3.28. The van der Waals surface area contributed by atoms with Crippen molar-refractivity contribution in [3.05, 3.63) is 70.7 Å². The van der Waals surface area contributed by atoms with Crippen molar-refractivity contribution in [2.24, 2.45) is 0 Å². The van der Waals surface area contributed by atoms with Crippen molar-refractivity contribution >= 4 is 51.6 Å². The maximum atomic E-state index is 12.6. The molecule has 0 radical (unpaired) electrons. The quantitative estimate of drug-likeness (QED) is 0.254. The highest BCUT2D eigenvalue weighted by atomic mass is 35.5. The lowest BCUT2D eigenvalue weighted by Crippen LogP contribution is -2.34. The Hall–Kier alpha value is -3.62. The summed E-state index contributed by atoms with van der Waals surface area (Å²) < 4.78 is 11.0. The third kappa shape index (κ3) is 4.92. The number of carbonyl (C=O) groups excluding carboxylic acids is 1. The summed E-state index contributed by atoms with van der Waals surface area (Å²) in [5, 5.41) is 16.3. The molecule has 1 heterocycles. The van der Waals surface area contributed by atoms with E-state index < -0.39 is 5.91 Å². The molecule has 0 fully saturated rings. The first-order chi connectivity index (χ1) is 15.9. The van der Waals surface area contributed by atoms with Crippen LogP contribution in [0.2, 0.25) is 5.02 Å². The first-order valence-corrected chi connectivity index (χ1v) is 10.8. The van der Waals surface area contributed by atoms with Crippen molar-refractivity contribution < 1.29 is 19.1 Å². The summed E-state index contributed by atoms with van der Waals surface area (Å²) in [4.78, 5) is 17.1. The molecule has 7 nitrogen and oxygen atoms in total. The molecule has 4 aromatic rings. The predicted molar refractivity (Wildman–Crippen MR) is 132 cm³/mol. The second-order valence-electron chi connectivity index (χ2n) is 7.16. The Morgan fingerprint density at radius 1 is 1.18 bits per heavy atom. The summed E-state index contributed by atoms with van der Waals surface area (Å²) in [5.74, 6) is 0.171. The van der Waals surface area contributed by atoms with Gasteiger partial charge in [-0.3, -0.25) is 10.1 Å². The van der Waals surface area contributed by atoms with Crippen molar-refractivity contribution in [2.45, 2.75) is 13.3 Å². The van der Waals surface area contributed by atoms with Gasteiger partial charge < -0.3 is 19.6 Å². The second kappa shape index (κ2) is 9.48. The van der Waals surface area contributed by atoms with Crippen LogP contribution in [0.15, 0.2) is 59.0 Å². The fourth-order valence-corrected chi connectivity index (χ4v) is 3.67. The smallest absolute Gasteiger partial charge is 0.261 e. The number of hydrogen-bond donors (Lipinski definition) is 3. The number of hydrogen-bond acceptors (Lipinski definition) is 6. The van der Waals surface area contributed by atoms with Crippen molar-refractivity contribution in [3.63, 3.8) is 0 Å². The number of oxazole rings is 1. The number of rotatable bonds is 5. The van der Waals surface area contributed by atoms with E-state index in [-0.39, 0.29) is 22.3 Å². The average molecular weight is 482 g/mol. The zero-order chi connectivity index (χ0) is 23.5. The largest absolute Gasteiger partial charge is 0.507 e. The van der Waals surface area contributed by atoms with Crippen molar-refractivity contribution in [2.75, 3.05) is 12.4 Å². The Morgan fingerprint density at radius 3 is 2.76 bits per heavy atom. The predicted octanol–water partition coefficient (Wildman–Crippen LogP) is 5.55. The maximum Gasteiger partial charge on any atom is 0.261 e. The van der Waals surface area contributed by atoms with Gasteiger partial charge in [0.05, 0.1) is 18.2 Å². The van der Waals surface area contributed by atoms with Crippen LogP contribution in [0, 0.1) is 0 Å². The number of anilines is 1. The Bertz CT molecular complexity index is 1370. The van der Waals surface area contributed by atoms with E-state index >= 15 is 0 Å². The summed E-state index contributed by atoms with van der Waals surface area (Å²) in [6.45, 7) is 2.06. The Labute approximate surface area is 200 Å². The zero-order valence-electron chi connectivity index (χ0n) is 17.8. The highest BCUT2D eigenvalue weighted by Gasteiger charge is 2.16. The molecular formula is C24H20ClN3O4S. The number of phenolic OH excluding ortho intramolecular Hbond substituents is 1. The van der Waals surface area contributed by atoms with Crippen LogP contribution in [0.4, 0.5) is 5.69 Å². The molecule has 0 atom stereocenters. The Balaban J connectivity index is 1.54. The third-order valence-electron chi connectivity index (χ3n) is 4.98. The van der Waals surface area contributed by atoms with E-state index in [4.69, 9.17) is 33.0 Å². The van der Waals surface area contributed by atoms with Gasteiger partial charge in [0.1, 0.15) is 17.0 Å². The number of fused-ring (bicyclic) bond motifs is 1. The summed E-state index contributed by atoms with van der Waals surface area (Å²) in [6.07, 6.45) is 0.882. The number of halogens is 1. The zero-order valence-corrected chi connectivity index (χ0v) is 19.4. The summed E-state index contributed by atoms with van der Waals surface area (Å²) in [5.41, 5.74) is 3.64. The van der Waals surface area contributed by atoms with E-state index in [2.05, 4.69) is 22.5 Å². The van der Waals surface area contributed by atoms with Crippen LogP contribution < -0.4 is 15.4 Å². The number of benzene rings is 3. The number of thiocarbonyl (C=S) groups is 1. The van der Waals surface area contributed by atoms with Gasteiger partial charge in [0, 0.05) is 10.7 Å². The number of aromatic hydroxyl groups is 1. The molecule has 0 saturated carbocycles. The van der Waals surface area contributed by atoms with Gasteiger partial charge in [-0.05, 0) is 72.7 Å². The van der Waals surface area contributed by atoms with Crippen LogP contribution in [0.1, 0.15) is 22.8 Å². The number of methoxy groups -OCH3 is 1. The first-order valence-electron chi connectivity index (χ1n) is 10.1. The Morgan fingerprint density at radius 2 is 2.00 bits per heavy atom. The highest BCUT2D eigenvalue weighted by molar-refractivity contribution is 7.80. The van der Waals surface area contributed by atoms with Crippen LogP contribution in [0.3, 0.4) is 0 Å². The van der Waals surface area contributed by atoms with Gasteiger partial charge in [0.15, 0.2) is 10.7 Å². The van der Waals surface area contributed by atoms with Gasteiger partial charge in [-0.15, -0.1) is 0 Å². The summed E-state index contributed by atoms with van der Waals surface area (Å²) >= 11 is 11.3. The molecule has 0 aliphatic carbocycles. The van der Waals surface area contributed by atoms with Crippen molar-refractivity contribution in [1.29, 1.82) is 0 Å². The number of carbonyl (C=O) groups is 1. The molecule has 3 N–H and O–H groups in total. The standard InChI is InChI=1S/C24H20ClN3O4S/c1-3-13-4-8-21-18(10-13)27-23(32-21)16-12-15(6-7-19(16)29)26-24(33)28-22(30)17-11-14(25)5-9-20(17)31-2/h4-12,29H,3H2,1-2H3,(H2,26,28,30,33). The molecule has 1 aromatic heterocycles. The maximum absolute atomic E-state index is 12.6. The normalized spacial score (nSPS) is 10.8. The molecule has 0 aliphatic rings. The van der Waals surface area contributed by atoms with E-state index in [0.29, 0.717) is 33.1 Å². The third-order valence-corrected chi connectivity index (χ3v) is 5.42. The number of amides is 1. The van der Waals surface area contributed by atoms with E-state index in [0.717, 1.165) is 12.0 Å². The minimum Gasteiger partial charge on any atom is -0.507 e. The molecule has 0 bridgehead atoms. The molecule has 0 unspecified atom stereocenters. The molecule has 3 aromatic carbocycles. The topological polar surface area (TPSA) is 96.6 Å². The van der Waals surface area contributed by atoms with E-state index in [1.807, 2.05) is 18.2 Å². The first kappa shape index (κ1) is 22.6. The molecular weight excluding hydrogens is 462 g/mol. The van der Waals surface area contributed by atoms with Crippen LogP contribution in [0.5, 0.6) is 11.5 Å². The SMILES string of the molecule is CCc1ccc2oc(-c3cc(NC(=S)NC(=O)c4cc(Cl)ccc4OC)ccc3O)nc2c1. The van der Waals surface area contributed by atoms with Crippen LogP contribution >= 0.6 is 23.8 Å². The van der Waals surface area contributed by atoms with E-state index in [1.54, 1.807) is 24.3 Å². The lowest BCUT2D eigenvalue weighted by molar-refractivity contribution is 0.0974. The monoisotopic (exact) mass is 481 g/mol. The highest BCUT2D eigenvalue weighted by Crippen LogP contribution is 2.33. The van der Waals surface area contributed by atoms with Crippen LogP contribution in [-0.4, -0.2) is 28.2 Å². The molecule has 33 heavy (non-hydrogen) atoms. The number of aryl methyl sites for hydroxylation is 1. The second-order valence-corrected chi connectivity index (χ2v) is 8.00. The lowest BCUT2D eigenvalue weighted by Gasteiger charge is -2.12. The molecule has 0 spiro atoms. The van der Waals surface area contributed by atoms with Gasteiger partial charge in [-0.1, -0.05) is 24.6 Å². The van der Waals surface area contributed by atoms with E-state index in [1.165, 1.54) is 19.2 Å². The van der Waals surface area contributed by atoms with E-state index in [9.17, 15) is 9.90 Å². The number of nitrogens with zero attached hydrogens (tertiary/aromatic N) is 1. The van der Waals surface area contributed by atoms with Crippen LogP contribution in [0.25, 0.3) is 22.6 Å². The molecule has 0 saturated heterocycles. The summed E-state index contributed by atoms with van der Waals surface area (Å²) in [7, 11) is 1.46. The van der Waals surface area contributed by atoms with Crippen molar-refractivity contribution in [1.82, 2.24) is 10.3 Å². The lowest BCUT2D eigenvalue weighted by atomic mass is 10.1. The van der Waals surface area contributed by atoms with Gasteiger partial charge in [0.25, 0.3) is 5.91 Å². The molecule has 1 amide bonds. The number of aromatic nitrogens is 1. The van der Waals surface area contributed by atoms with Crippen LogP contribution in [-0.2, 0) is 6.42 Å². The molecule has 168 valence electrons. The fraction of sp³-hybridized carbons (Fsp3) is 0.125. The minimum atomic E-state index is -0.475. The molecule has 0 aliphatic heterocycles. The molecule has 4 rings (SSSR count). The molecule has 9 heteroatoms. The number of nitrogens with one attached hydrogen (secondary N) is 2. The average Bonchev–Trinajstić information content (AvgIpc) is 3.23. The van der Waals surface area contributed by atoms with Gasteiger partial charge >= 0.3 is 0 Å². The van der Waals surface area contributed by atoms with Gasteiger partial charge in [-0.2, -0.15) is 0 Å². The summed E-state index contributed by atoms with van der Waals surface area (Å²) in [6, 6.07) is 15.3. The Kier molecular flexibility index (Phi) is 6.48. The minimum absolute atomic E-state index is 0.00133. The van der Waals surface area contributed by atoms with Crippen molar-refractivity contribution in [3.8, 4) is 23.0 Å². The number of phenols is 1. The van der Waals surface area contributed by atoms with Gasteiger partial charge in [0.2, 0.25) is 5.89 Å². The number of ether oxygens (including phenoxy) is 1. The van der Waals surface area contributed by atoms with Gasteiger partial charge in [-0.25, -0.2) is 4.98 Å².